The van der Waals surface area contributed by atoms with Crippen LogP contribution in [0.25, 0.3) is 0 Å². The first-order chi connectivity index (χ1) is 6.34. The average molecular weight is 242 g/mol. The summed E-state index contributed by atoms with van der Waals surface area (Å²) in [6.07, 6.45) is 4.41. The summed E-state index contributed by atoms with van der Waals surface area (Å²) in [5.41, 5.74) is 4.38. The molecule has 1 fully saturated rings. The molecule has 0 atom stereocenters. The van der Waals surface area contributed by atoms with Gasteiger partial charge < -0.3 is 5.43 Å². The average Bonchev–Trinajstić information content (AvgIpc) is 2.62. The van der Waals surface area contributed by atoms with Gasteiger partial charge in [0.15, 0.2) is 0 Å². The van der Waals surface area contributed by atoms with E-state index >= 15 is 0 Å². The normalized spacial score (nSPS) is 17.6. The highest BCUT2D eigenvalue weighted by molar-refractivity contribution is 9.10. The first-order valence-electron chi connectivity index (χ1n) is 4.48. The molecule has 0 radical (unpaired) electrons. The second-order valence-corrected chi connectivity index (χ2v) is 3.99. The molecule has 1 N–H and O–H groups in total. The standard InChI is InChI=1S/C9H12BrN3/c10-9-4-3-8(7-11-9)12-13-5-1-2-6-13/h3-4,7,12H,1-2,5-6H2. The molecule has 0 spiro atoms. The van der Waals surface area contributed by atoms with Crippen LogP contribution >= 0.6 is 15.9 Å². The van der Waals surface area contributed by atoms with Crippen molar-refractivity contribution < 1.29 is 0 Å². The van der Waals surface area contributed by atoms with Crippen molar-refractivity contribution in [3.8, 4) is 0 Å². The quantitative estimate of drug-likeness (QED) is 0.806. The Hall–Kier alpha value is -0.610. The van der Waals surface area contributed by atoms with E-state index in [9.17, 15) is 0 Å². The minimum atomic E-state index is 0.875. The summed E-state index contributed by atoms with van der Waals surface area (Å²) in [6, 6.07) is 3.97. The van der Waals surface area contributed by atoms with Gasteiger partial charge in [-0.3, -0.25) is 0 Å². The number of hydrogen-bond donors (Lipinski definition) is 1. The molecule has 70 valence electrons. The zero-order valence-electron chi connectivity index (χ0n) is 7.33. The van der Waals surface area contributed by atoms with Gasteiger partial charge in [0.1, 0.15) is 4.60 Å². The van der Waals surface area contributed by atoms with E-state index in [0.29, 0.717) is 0 Å². The van der Waals surface area contributed by atoms with Crippen LogP contribution in [0.4, 0.5) is 5.69 Å². The molecular weight excluding hydrogens is 230 g/mol. The molecule has 1 aliphatic rings. The van der Waals surface area contributed by atoms with Crippen LogP contribution in [0.15, 0.2) is 22.9 Å². The lowest BCUT2D eigenvalue weighted by Gasteiger charge is -2.17. The van der Waals surface area contributed by atoms with Gasteiger partial charge in [-0.1, -0.05) is 0 Å². The van der Waals surface area contributed by atoms with Crippen LogP contribution in [0.1, 0.15) is 12.8 Å². The van der Waals surface area contributed by atoms with Crippen LogP contribution in [0.3, 0.4) is 0 Å². The highest BCUT2D eigenvalue weighted by Gasteiger charge is 2.10. The third-order valence-electron chi connectivity index (χ3n) is 2.12. The Morgan fingerprint density at radius 1 is 1.31 bits per heavy atom. The molecule has 0 unspecified atom stereocenters. The van der Waals surface area contributed by atoms with Gasteiger partial charge in [0.25, 0.3) is 0 Å². The lowest BCUT2D eigenvalue weighted by Crippen LogP contribution is -2.26. The predicted octanol–water partition coefficient (Wildman–Crippen LogP) is 2.27. The summed E-state index contributed by atoms with van der Waals surface area (Å²) in [5, 5.41) is 2.23. The predicted molar refractivity (Wildman–Crippen MR) is 56.4 cm³/mol. The highest BCUT2D eigenvalue weighted by Crippen LogP contribution is 2.13. The van der Waals surface area contributed by atoms with Crippen LogP contribution in [0.5, 0.6) is 0 Å². The summed E-state index contributed by atoms with van der Waals surface area (Å²) < 4.78 is 0.875. The molecular formula is C9H12BrN3. The lowest BCUT2D eigenvalue weighted by atomic mass is 10.4. The number of nitrogens with zero attached hydrogens (tertiary/aromatic N) is 2. The van der Waals surface area contributed by atoms with Crippen molar-refractivity contribution in [2.45, 2.75) is 12.8 Å². The number of anilines is 1. The van der Waals surface area contributed by atoms with Crippen molar-refractivity contribution in [3.05, 3.63) is 22.9 Å². The van der Waals surface area contributed by atoms with Crippen molar-refractivity contribution in [1.29, 1.82) is 0 Å². The Morgan fingerprint density at radius 2 is 2.08 bits per heavy atom. The van der Waals surface area contributed by atoms with Gasteiger partial charge in [-0.25, -0.2) is 9.99 Å². The topological polar surface area (TPSA) is 28.2 Å². The van der Waals surface area contributed by atoms with E-state index in [2.05, 4.69) is 31.3 Å². The van der Waals surface area contributed by atoms with E-state index in [1.165, 1.54) is 12.8 Å². The molecule has 3 nitrogen and oxygen atoms in total. The molecule has 0 aliphatic carbocycles. The first kappa shape index (κ1) is 8.97. The largest absolute Gasteiger partial charge is 0.317 e. The molecule has 4 heteroatoms. The van der Waals surface area contributed by atoms with Crippen LogP contribution in [0, 0.1) is 0 Å². The van der Waals surface area contributed by atoms with Gasteiger partial charge in [-0.05, 0) is 40.9 Å². The van der Waals surface area contributed by atoms with E-state index < -0.39 is 0 Å². The summed E-state index contributed by atoms with van der Waals surface area (Å²) in [7, 11) is 0. The van der Waals surface area contributed by atoms with E-state index in [1.54, 1.807) is 0 Å². The molecule has 0 saturated carbocycles. The summed E-state index contributed by atoms with van der Waals surface area (Å²) >= 11 is 3.31. The van der Waals surface area contributed by atoms with Gasteiger partial charge in [0.2, 0.25) is 0 Å². The number of nitrogens with one attached hydrogen (secondary N) is 1. The van der Waals surface area contributed by atoms with Crippen molar-refractivity contribution >= 4 is 21.6 Å². The Balaban J connectivity index is 1.97. The maximum absolute atomic E-state index is 4.15. The molecule has 1 aromatic heterocycles. The SMILES string of the molecule is Brc1ccc(NN2CCCC2)cn1. The molecule has 0 amide bonds. The Kier molecular flexibility index (Phi) is 2.80. The van der Waals surface area contributed by atoms with Crippen LogP contribution in [0.2, 0.25) is 0 Å². The van der Waals surface area contributed by atoms with Crippen molar-refractivity contribution in [1.82, 2.24) is 9.99 Å². The van der Waals surface area contributed by atoms with Gasteiger partial charge in [-0.2, -0.15) is 0 Å². The number of halogens is 1. The molecule has 13 heavy (non-hydrogen) atoms. The Bertz CT molecular complexity index is 267. The first-order valence-corrected chi connectivity index (χ1v) is 5.27. The fourth-order valence-electron chi connectivity index (χ4n) is 1.45. The fraction of sp³-hybridized carbons (Fsp3) is 0.444. The number of rotatable bonds is 2. The van der Waals surface area contributed by atoms with Crippen LogP contribution in [-0.2, 0) is 0 Å². The second kappa shape index (κ2) is 4.07. The fourth-order valence-corrected chi connectivity index (χ4v) is 1.69. The monoisotopic (exact) mass is 241 g/mol. The van der Waals surface area contributed by atoms with E-state index in [4.69, 9.17) is 0 Å². The van der Waals surface area contributed by atoms with Crippen LogP contribution < -0.4 is 5.43 Å². The number of aromatic nitrogens is 1. The zero-order chi connectivity index (χ0) is 9.10. The summed E-state index contributed by atoms with van der Waals surface area (Å²) in [4.78, 5) is 4.15. The van der Waals surface area contributed by atoms with E-state index in [1.807, 2.05) is 18.3 Å². The van der Waals surface area contributed by atoms with E-state index in [0.717, 1.165) is 23.4 Å². The molecule has 0 aromatic carbocycles. The zero-order valence-corrected chi connectivity index (χ0v) is 8.92. The minimum Gasteiger partial charge on any atom is -0.317 e. The Morgan fingerprint density at radius 3 is 2.69 bits per heavy atom. The van der Waals surface area contributed by atoms with Crippen molar-refractivity contribution in [2.75, 3.05) is 18.5 Å². The molecule has 1 saturated heterocycles. The third kappa shape index (κ3) is 2.42. The van der Waals surface area contributed by atoms with Gasteiger partial charge in [0, 0.05) is 13.1 Å². The maximum atomic E-state index is 4.15. The van der Waals surface area contributed by atoms with E-state index in [-0.39, 0.29) is 0 Å². The maximum Gasteiger partial charge on any atom is 0.106 e. The van der Waals surface area contributed by atoms with Crippen LogP contribution in [-0.4, -0.2) is 23.1 Å². The Labute approximate surface area is 86.3 Å². The molecule has 1 aromatic rings. The highest BCUT2D eigenvalue weighted by atomic mass is 79.9. The molecule has 2 rings (SSSR count). The number of hydrogen-bond acceptors (Lipinski definition) is 3. The molecule has 0 bridgehead atoms. The van der Waals surface area contributed by atoms with Gasteiger partial charge in [0.05, 0.1) is 11.9 Å². The third-order valence-corrected chi connectivity index (χ3v) is 2.59. The molecule has 1 aliphatic heterocycles. The minimum absolute atomic E-state index is 0.875. The van der Waals surface area contributed by atoms with Gasteiger partial charge in [-0.15, -0.1) is 0 Å². The summed E-state index contributed by atoms with van der Waals surface area (Å²) in [6.45, 7) is 2.27. The van der Waals surface area contributed by atoms with Crippen molar-refractivity contribution in [3.63, 3.8) is 0 Å². The smallest absolute Gasteiger partial charge is 0.106 e. The van der Waals surface area contributed by atoms with Crippen molar-refractivity contribution in [2.24, 2.45) is 0 Å². The summed E-state index contributed by atoms with van der Waals surface area (Å²) in [5.74, 6) is 0. The number of pyridine rings is 1. The van der Waals surface area contributed by atoms with Gasteiger partial charge >= 0.3 is 0 Å². The molecule has 2 heterocycles. The second-order valence-electron chi connectivity index (χ2n) is 3.18. The lowest BCUT2D eigenvalue weighted by molar-refractivity contribution is 0.410. The number of hydrazine groups is 1.